The molecule has 0 saturated carbocycles. The van der Waals surface area contributed by atoms with E-state index in [9.17, 15) is 18.0 Å². The molecular weight excluding hydrogens is 551 g/mol. The number of nitriles is 1. The first-order valence-electron chi connectivity index (χ1n) is 13.8. The van der Waals surface area contributed by atoms with Gasteiger partial charge in [-0.25, -0.2) is 4.98 Å². The van der Waals surface area contributed by atoms with E-state index in [-0.39, 0.29) is 18.1 Å². The van der Waals surface area contributed by atoms with Crippen molar-refractivity contribution in [2.45, 2.75) is 57.1 Å². The van der Waals surface area contributed by atoms with Gasteiger partial charge in [0.2, 0.25) is 0 Å². The number of halogens is 3. The smallest absolute Gasteiger partial charge is 0.416 e. The number of hydrogen-bond donors (Lipinski definition) is 1. The largest absolute Gasteiger partial charge is 0.467 e. The van der Waals surface area contributed by atoms with E-state index in [2.05, 4.69) is 26.2 Å². The SMILES string of the molecule is N#Cc1ccc(CN2CCC(NC(=O)c3cnc(OC4CCN(Cc5ccc(C(F)(F)F)cc5)CC4)s3)CC2)cc1. The summed E-state index contributed by atoms with van der Waals surface area (Å²) in [6.07, 6.45) is 0.531. The molecule has 2 aromatic carbocycles. The van der Waals surface area contributed by atoms with Crippen LogP contribution in [0.25, 0.3) is 0 Å². The number of benzene rings is 2. The van der Waals surface area contributed by atoms with Gasteiger partial charge in [0, 0.05) is 45.3 Å². The van der Waals surface area contributed by atoms with Crippen LogP contribution in [0.1, 0.15) is 57.6 Å². The normalized spacial score (nSPS) is 17.7. The third-order valence-electron chi connectivity index (χ3n) is 7.61. The molecule has 7 nitrogen and oxygen atoms in total. The number of likely N-dealkylation sites (tertiary alicyclic amines) is 2. The Bertz CT molecular complexity index is 1340. The Kier molecular flexibility index (Phi) is 9.22. The Balaban J connectivity index is 1.02. The molecule has 1 N–H and O–H groups in total. The molecule has 0 radical (unpaired) electrons. The summed E-state index contributed by atoms with van der Waals surface area (Å²) in [5.41, 5.74) is 2.05. The Hall–Kier alpha value is -3.46. The first kappa shape index (κ1) is 29.0. The van der Waals surface area contributed by atoms with Gasteiger partial charge in [0.1, 0.15) is 11.0 Å². The molecule has 0 spiro atoms. The van der Waals surface area contributed by atoms with Gasteiger partial charge < -0.3 is 10.1 Å². The number of amides is 1. The number of carbonyl (C=O) groups excluding carboxylic acids is 1. The van der Waals surface area contributed by atoms with Crippen LogP contribution in [0.3, 0.4) is 0 Å². The van der Waals surface area contributed by atoms with E-state index in [1.54, 1.807) is 6.20 Å². The molecule has 2 aliphatic rings. The van der Waals surface area contributed by atoms with E-state index in [1.807, 2.05) is 24.3 Å². The highest BCUT2D eigenvalue weighted by molar-refractivity contribution is 7.15. The summed E-state index contributed by atoms with van der Waals surface area (Å²) < 4.78 is 44.4. The maximum atomic E-state index is 12.8. The molecule has 216 valence electrons. The van der Waals surface area contributed by atoms with Crippen LogP contribution in [0.15, 0.2) is 54.7 Å². The lowest BCUT2D eigenvalue weighted by Gasteiger charge is -2.32. The number of alkyl halides is 3. The fourth-order valence-electron chi connectivity index (χ4n) is 5.24. The van der Waals surface area contributed by atoms with Crippen LogP contribution < -0.4 is 10.1 Å². The van der Waals surface area contributed by atoms with Crippen LogP contribution in [0.4, 0.5) is 13.2 Å². The van der Waals surface area contributed by atoms with Crippen LogP contribution in [0.5, 0.6) is 5.19 Å². The van der Waals surface area contributed by atoms with E-state index in [4.69, 9.17) is 10.00 Å². The summed E-state index contributed by atoms with van der Waals surface area (Å²) in [6, 6.07) is 15.2. The van der Waals surface area contributed by atoms with Crippen molar-refractivity contribution in [3.63, 3.8) is 0 Å². The maximum absolute atomic E-state index is 12.8. The van der Waals surface area contributed by atoms with Crippen LogP contribution in [-0.2, 0) is 19.3 Å². The topological polar surface area (TPSA) is 81.5 Å². The van der Waals surface area contributed by atoms with Gasteiger partial charge >= 0.3 is 6.18 Å². The van der Waals surface area contributed by atoms with Gasteiger partial charge in [-0.05, 0) is 61.1 Å². The fourth-order valence-corrected chi connectivity index (χ4v) is 5.97. The Morgan fingerprint density at radius 1 is 0.951 bits per heavy atom. The number of thiazole rings is 1. The standard InChI is InChI=1S/C30H32F3N5O2S/c31-30(32,33)24-7-5-23(6-8-24)20-38-15-11-26(12-16-38)40-29-35-18-27(41-29)28(39)36-25-9-13-37(14-10-25)19-22-3-1-21(17-34)2-4-22/h1-8,18,25-26H,9-16,19-20H2,(H,36,39). The minimum atomic E-state index is -4.32. The Labute approximate surface area is 241 Å². The van der Waals surface area contributed by atoms with Crippen molar-refractivity contribution in [2.24, 2.45) is 0 Å². The molecule has 0 unspecified atom stereocenters. The van der Waals surface area contributed by atoms with Crippen molar-refractivity contribution in [3.8, 4) is 11.3 Å². The van der Waals surface area contributed by atoms with Gasteiger partial charge in [-0.3, -0.25) is 14.6 Å². The summed E-state index contributed by atoms with van der Waals surface area (Å²) in [5.74, 6) is -0.130. The molecule has 3 heterocycles. The fraction of sp³-hybridized carbons (Fsp3) is 0.433. The van der Waals surface area contributed by atoms with Gasteiger partial charge in [0.25, 0.3) is 11.1 Å². The minimum absolute atomic E-state index is 0.0126. The van der Waals surface area contributed by atoms with Crippen LogP contribution in [0, 0.1) is 11.3 Å². The second kappa shape index (κ2) is 13.0. The predicted molar refractivity (Wildman–Crippen MR) is 149 cm³/mol. The number of nitrogens with zero attached hydrogens (tertiary/aromatic N) is 4. The summed E-state index contributed by atoms with van der Waals surface area (Å²) in [7, 11) is 0. The highest BCUT2D eigenvalue weighted by atomic mass is 32.1. The van der Waals surface area contributed by atoms with E-state index in [0.717, 1.165) is 76.1 Å². The first-order chi connectivity index (χ1) is 19.7. The zero-order valence-electron chi connectivity index (χ0n) is 22.6. The molecule has 3 aromatic rings. The lowest BCUT2D eigenvalue weighted by atomic mass is 10.0. The monoisotopic (exact) mass is 583 g/mol. The zero-order valence-corrected chi connectivity index (χ0v) is 23.4. The molecule has 5 rings (SSSR count). The summed E-state index contributed by atoms with van der Waals surface area (Å²) in [5, 5.41) is 12.6. The van der Waals surface area contributed by atoms with E-state index in [1.165, 1.54) is 29.0 Å². The second-order valence-electron chi connectivity index (χ2n) is 10.6. The number of rotatable bonds is 8. The minimum Gasteiger partial charge on any atom is -0.467 e. The quantitative estimate of drug-likeness (QED) is 0.379. The summed E-state index contributed by atoms with van der Waals surface area (Å²) in [4.78, 5) is 22.2. The predicted octanol–water partition coefficient (Wildman–Crippen LogP) is 5.47. The zero-order chi connectivity index (χ0) is 28.8. The average Bonchev–Trinajstić information content (AvgIpc) is 3.44. The Morgan fingerprint density at radius 3 is 2.07 bits per heavy atom. The van der Waals surface area contributed by atoms with E-state index < -0.39 is 11.7 Å². The van der Waals surface area contributed by atoms with Crippen molar-refractivity contribution in [2.75, 3.05) is 26.2 Å². The van der Waals surface area contributed by atoms with Crippen molar-refractivity contribution in [3.05, 3.63) is 81.9 Å². The van der Waals surface area contributed by atoms with Gasteiger partial charge in [-0.15, -0.1) is 0 Å². The molecule has 2 saturated heterocycles. The van der Waals surface area contributed by atoms with Crippen molar-refractivity contribution in [1.29, 1.82) is 5.26 Å². The lowest BCUT2D eigenvalue weighted by Crippen LogP contribution is -2.44. The van der Waals surface area contributed by atoms with Gasteiger partial charge in [0.05, 0.1) is 23.4 Å². The summed E-state index contributed by atoms with van der Waals surface area (Å²) in [6.45, 7) is 4.75. The van der Waals surface area contributed by atoms with Crippen molar-refractivity contribution in [1.82, 2.24) is 20.1 Å². The highest BCUT2D eigenvalue weighted by Gasteiger charge is 2.30. The van der Waals surface area contributed by atoms with Crippen LogP contribution in [0.2, 0.25) is 0 Å². The highest BCUT2D eigenvalue weighted by Crippen LogP contribution is 2.30. The average molecular weight is 584 g/mol. The van der Waals surface area contributed by atoms with Crippen molar-refractivity contribution >= 4 is 17.2 Å². The number of carbonyl (C=O) groups is 1. The summed E-state index contributed by atoms with van der Waals surface area (Å²) >= 11 is 1.25. The third kappa shape index (κ3) is 8.06. The van der Waals surface area contributed by atoms with E-state index >= 15 is 0 Å². The molecule has 0 bridgehead atoms. The van der Waals surface area contributed by atoms with Crippen LogP contribution in [-0.4, -0.2) is 59.0 Å². The molecule has 2 fully saturated rings. The molecule has 11 heteroatoms. The molecule has 0 atom stereocenters. The number of aromatic nitrogens is 1. The number of ether oxygens (including phenoxy) is 1. The molecule has 41 heavy (non-hydrogen) atoms. The van der Waals surface area contributed by atoms with Crippen molar-refractivity contribution < 1.29 is 22.7 Å². The molecular formula is C30H32F3N5O2S. The first-order valence-corrected chi connectivity index (χ1v) is 14.6. The second-order valence-corrected chi connectivity index (χ2v) is 11.6. The number of nitrogens with one attached hydrogen (secondary N) is 1. The number of piperidine rings is 2. The van der Waals surface area contributed by atoms with Crippen LogP contribution >= 0.6 is 11.3 Å². The molecule has 1 aromatic heterocycles. The van der Waals surface area contributed by atoms with Gasteiger partial charge in [0.15, 0.2) is 0 Å². The maximum Gasteiger partial charge on any atom is 0.416 e. The van der Waals surface area contributed by atoms with Gasteiger partial charge in [-0.2, -0.15) is 18.4 Å². The molecule has 1 amide bonds. The van der Waals surface area contributed by atoms with Gasteiger partial charge in [-0.1, -0.05) is 35.6 Å². The number of hydrogen-bond acceptors (Lipinski definition) is 7. The molecule has 2 aliphatic heterocycles. The molecule has 0 aliphatic carbocycles. The lowest BCUT2D eigenvalue weighted by molar-refractivity contribution is -0.137. The van der Waals surface area contributed by atoms with E-state index in [0.29, 0.717) is 22.2 Å². The third-order valence-corrected chi connectivity index (χ3v) is 8.50. The Morgan fingerprint density at radius 2 is 1.51 bits per heavy atom.